The molecule has 0 aromatic heterocycles. The van der Waals surface area contributed by atoms with E-state index < -0.39 is 10.0 Å². The quantitative estimate of drug-likeness (QED) is 0.796. The Morgan fingerprint density at radius 1 is 1.04 bits per heavy atom. The first-order valence-electron chi connectivity index (χ1n) is 6.76. The molecule has 0 saturated carbocycles. The topological polar surface area (TPSA) is 121 Å². The van der Waals surface area contributed by atoms with Crippen molar-refractivity contribution >= 4 is 15.7 Å². The third kappa shape index (κ3) is 4.08. The first kappa shape index (κ1) is 18.2. The summed E-state index contributed by atoms with van der Waals surface area (Å²) in [4.78, 5) is 0.134. The Morgan fingerprint density at radius 3 is 1.96 bits per heavy atom. The number of benzene rings is 1. The van der Waals surface area contributed by atoms with E-state index in [4.69, 9.17) is 15.8 Å². The van der Waals surface area contributed by atoms with Crippen molar-refractivity contribution in [2.45, 2.75) is 18.7 Å². The van der Waals surface area contributed by atoms with Crippen molar-refractivity contribution < 1.29 is 8.42 Å². The number of hydrogen-bond donors (Lipinski definition) is 1. The summed E-state index contributed by atoms with van der Waals surface area (Å²) < 4.78 is 26.0. The van der Waals surface area contributed by atoms with Crippen molar-refractivity contribution in [2.75, 3.05) is 18.4 Å². The van der Waals surface area contributed by atoms with E-state index in [9.17, 15) is 8.42 Å². The molecule has 0 atom stereocenters. The van der Waals surface area contributed by atoms with Gasteiger partial charge in [-0.05, 0) is 24.3 Å². The highest BCUT2D eigenvalue weighted by Gasteiger charge is 2.21. The van der Waals surface area contributed by atoms with Crippen LogP contribution >= 0.6 is 0 Å². The van der Waals surface area contributed by atoms with Crippen LogP contribution < -0.4 is 5.32 Å². The molecule has 1 N–H and O–H groups in total. The van der Waals surface area contributed by atoms with E-state index in [-0.39, 0.29) is 16.2 Å². The van der Waals surface area contributed by atoms with Crippen LogP contribution in [0.25, 0.3) is 0 Å². The Labute approximate surface area is 135 Å². The molecule has 7 nitrogen and oxygen atoms in total. The summed E-state index contributed by atoms with van der Waals surface area (Å²) in [6.07, 6.45) is 0. The van der Waals surface area contributed by atoms with Crippen LogP contribution in [0.1, 0.15) is 13.8 Å². The second-order valence-electron chi connectivity index (χ2n) is 4.32. The van der Waals surface area contributed by atoms with Gasteiger partial charge in [0.25, 0.3) is 0 Å². The van der Waals surface area contributed by atoms with Gasteiger partial charge < -0.3 is 5.32 Å². The van der Waals surface area contributed by atoms with E-state index >= 15 is 0 Å². The number of hydrogen-bond acceptors (Lipinski definition) is 6. The molecule has 0 saturated heterocycles. The van der Waals surface area contributed by atoms with Gasteiger partial charge in [-0.15, -0.1) is 0 Å². The minimum Gasteiger partial charge on any atom is -0.345 e. The van der Waals surface area contributed by atoms with Gasteiger partial charge in [0.2, 0.25) is 10.0 Å². The molecule has 1 aromatic carbocycles. The average Bonchev–Trinajstić information content (AvgIpc) is 2.56. The van der Waals surface area contributed by atoms with Crippen LogP contribution in [0.3, 0.4) is 0 Å². The first-order chi connectivity index (χ1) is 10.9. The fraction of sp³-hybridized carbons (Fsp3) is 0.267. The van der Waals surface area contributed by atoms with Gasteiger partial charge in [-0.1, -0.05) is 13.8 Å². The van der Waals surface area contributed by atoms with Crippen LogP contribution in [0.4, 0.5) is 5.69 Å². The Bertz CT molecular complexity index is 801. The van der Waals surface area contributed by atoms with E-state index in [1.807, 2.05) is 0 Å². The Balaban J connectivity index is 3.13. The van der Waals surface area contributed by atoms with E-state index in [0.717, 1.165) is 0 Å². The average molecular weight is 329 g/mol. The van der Waals surface area contributed by atoms with Crippen molar-refractivity contribution in [3.8, 4) is 18.2 Å². The van der Waals surface area contributed by atoms with Gasteiger partial charge in [-0.3, -0.25) is 0 Å². The van der Waals surface area contributed by atoms with Crippen molar-refractivity contribution in [3.05, 3.63) is 35.5 Å². The monoisotopic (exact) mass is 329 g/mol. The molecule has 8 heteroatoms. The number of nitrogens with one attached hydrogen (secondary N) is 1. The summed E-state index contributed by atoms with van der Waals surface area (Å²) in [7, 11) is -3.55. The molecule has 1 aromatic rings. The summed E-state index contributed by atoms with van der Waals surface area (Å²) >= 11 is 0. The molecule has 0 bridgehead atoms. The highest BCUT2D eigenvalue weighted by atomic mass is 32.2. The van der Waals surface area contributed by atoms with Crippen LogP contribution in [0.15, 0.2) is 40.4 Å². The standard InChI is InChI=1S/C15H15N5O2S/c1-3-20(4-2)23(21,22)14-7-5-13(6-8-14)19-15(11-18)12(9-16)10-17/h5-8,19H,3-4H2,1-2H3. The van der Waals surface area contributed by atoms with Crippen LogP contribution in [-0.4, -0.2) is 25.8 Å². The van der Waals surface area contributed by atoms with E-state index in [2.05, 4.69) is 5.32 Å². The molecule has 0 spiro atoms. The molecule has 0 unspecified atom stereocenters. The number of anilines is 1. The molecule has 1 rings (SSSR count). The van der Waals surface area contributed by atoms with Crippen molar-refractivity contribution in [1.29, 1.82) is 15.8 Å². The number of nitriles is 3. The molecule has 0 aliphatic carbocycles. The van der Waals surface area contributed by atoms with Gasteiger partial charge in [0.15, 0.2) is 5.57 Å². The minimum atomic E-state index is -3.55. The highest BCUT2D eigenvalue weighted by Crippen LogP contribution is 2.19. The third-order valence-corrected chi connectivity index (χ3v) is 5.12. The zero-order valence-corrected chi connectivity index (χ0v) is 13.6. The minimum absolute atomic E-state index is 0.134. The van der Waals surface area contributed by atoms with Crippen LogP contribution in [0.2, 0.25) is 0 Å². The molecule has 0 heterocycles. The van der Waals surface area contributed by atoms with E-state index in [1.165, 1.54) is 28.6 Å². The summed E-state index contributed by atoms with van der Waals surface area (Å²) in [5.41, 5.74) is -0.121. The SMILES string of the molecule is CCN(CC)S(=O)(=O)c1ccc(NC(C#N)=C(C#N)C#N)cc1. The lowest BCUT2D eigenvalue weighted by Crippen LogP contribution is -2.30. The normalized spacial score (nSPS) is 10.3. The summed E-state index contributed by atoms with van der Waals surface area (Å²) in [5, 5.41) is 29.1. The first-order valence-corrected chi connectivity index (χ1v) is 8.20. The Morgan fingerprint density at radius 2 is 1.57 bits per heavy atom. The van der Waals surface area contributed by atoms with Gasteiger partial charge in [0.05, 0.1) is 4.90 Å². The smallest absolute Gasteiger partial charge is 0.243 e. The van der Waals surface area contributed by atoms with Crippen molar-refractivity contribution in [1.82, 2.24) is 4.31 Å². The maximum atomic E-state index is 12.3. The fourth-order valence-electron chi connectivity index (χ4n) is 1.85. The third-order valence-electron chi connectivity index (χ3n) is 3.05. The Kier molecular flexibility index (Phi) is 6.29. The lowest BCUT2D eigenvalue weighted by molar-refractivity contribution is 0.445. The van der Waals surface area contributed by atoms with Gasteiger partial charge in [-0.25, -0.2) is 8.42 Å². The second-order valence-corrected chi connectivity index (χ2v) is 6.26. The predicted molar refractivity (Wildman–Crippen MR) is 84.0 cm³/mol. The highest BCUT2D eigenvalue weighted by molar-refractivity contribution is 7.89. The number of rotatable bonds is 6. The molecular weight excluding hydrogens is 314 g/mol. The molecule has 0 aliphatic heterocycles. The fourth-order valence-corrected chi connectivity index (χ4v) is 3.31. The zero-order valence-electron chi connectivity index (χ0n) is 12.7. The molecule has 118 valence electrons. The molecular formula is C15H15N5O2S. The van der Waals surface area contributed by atoms with Crippen LogP contribution in [0, 0.1) is 34.0 Å². The summed E-state index contributed by atoms with van der Waals surface area (Å²) in [6, 6.07) is 10.7. The maximum Gasteiger partial charge on any atom is 0.243 e. The maximum absolute atomic E-state index is 12.3. The molecule has 0 aliphatic rings. The van der Waals surface area contributed by atoms with Gasteiger partial charge in [-0.2, -0.15) is 20.1 Å². The number of sulfonamides is 1. The lowest BCUT2D eigenvalue weighted by Gasteiger charge is -2.18. The molecule has 0 radical (unpaired) electrons. The van der Waals surface area contributed by atoms with Crippen molar-refractivity contribution in [3.63, 3.8) is 0 Å². The lowest BCUT2D eigenvalue weighted by atomic mass is 10.2. The van der Waals surface area contributed by atoms with Gasteiger partial charge in [0, 0.05) is 18.8 Å². The number of nitrogens with zero attached hydrogens (tertiary/aromatic N) is 4. The molecule has 23 heavy (non-hydrogen) atoms. The zero-order chi connectivity index (χ0) is 17.5. The van der Waals surface area contributed by atoms with E-state index in [1.54, 1.807) is 32.1 Å². The largest absolute Gasteiger partial charge is 0.345 e. The van der Waals surface area contributed by atoms with Gasteiger partial charge >= 0.3 is 0 Å². The second kappa shape index (κ2) is 7.95. The van der Waals surface area contributed by atoms with Crippen LogP contribution in [0.5, 0.6) is 0 Å². The summed E-state index contributed by atoms with van der Waals surface area (Å²) in [5.74, 6) is 0. The number of allylic oxidation sites excluding steroid dienone is 2. The summed E-state index contributed by atoms with van der Waals surface area (Å²) in [6.45, 7) is 4.25. The van der Waals surface area contributed by atoms with Gasteiger partial charge in [0.1, 0.15) is 23.9 Å². The Hall–Kier alpha value is -2.86. The molecule has 0 fully saturated rings. The van der Waals surface area contributed by atoms with E-state index in [0.29, 0.717) is 18.8 Å². The van der Waals surface area contributed by atoms with Crippen molar-refractivity contribution in [2.24, 2.45) is 0 Å². The molecule has 0 amide bonds. The van der Waals surface area contributed by atoms with Crippen LogP contribution in [-0.2, 0) is 10.0 Å². The predicted octanol–water partition coefficient (Wildman–Crippen LogP) is 1.95.